The summed E-state index contributed by atoms with van der Waals surface area (Å²) in [5.41, 5.74) is -1.29. The highest BCUT2D eigenvalue weighted by atomic mass is 16.3. The Labute approximate surface area is 74.9 Å². The Bertz CT molecular complexity index is 128. The minimum Gasteiger partial charge on any atom is -0.390 e. The van der Waals surface area contributed by atoms with Crippen LogP contribution in [0.2, 0.25) is 0 Å². The molecule has 72 valence electrons. The van der Waals surface area contributed by atoms with Crippen LogP contribution in [0.4, 0.5) is 0 Å². The van der Waals surface area contributed by atoms with Crippen molar-refractivity contribution in [1.29, 1.82) is 0 Å². The summed E-state index contributed by atoms with van der Waals surface area (Å²) in [4.78, 5) is 0. The van der Waals surface area contributed by atoms with Crippen molar-refractivity contribution >= 4 is 0 Å². The van der Waals surface area contributed by atoms with Gasteiger partial charge in [-0.25, -0.2) is 0 Å². The Kier molecular flexibility index (Phi) is 3.94. The summed E-state index contributed by atoms with van der Waals surface area (Å²) >= 11 is 0. The summed E-state index contributed by atoms with van der Waals surface area (Å²) < 4.78 is 0. The summed E-state index contributed by atoms with van der Waals surface area (Å²) in [5, 5.41) is 18.7. The van der Waals surface area contributed by atoms with E-state index in [2.05, 4.69) is 0 Å². The molecule has 0 unspecified atom stereocenters. The number of rotatable bonds is 4. The molecule has 0 aliphatic rings. The third kappa shape index (κ3) is 9.66. The molecule has 0 aromatic rings. The van der Waals surface area contributed by atoms with Gasteiger partial charge in [0.25, 0.3) is 0 Å². The predicted molar refractivity (Wildman–Crippen MR) is 51.0 cm³/mol. The van der Waals surface area contributed by atoms with E-state index in [1.54, 1.807) is 27.7 Å². The van der Waals surface area contributed by atoms with E-state index in [4.69, 9.17) is 0 Å². The van der Waals surface area contributed by atoms with Crippen molar-refractivity contribution in [3.63, 3.8) is 0 Å². The molecule has 2 heteroatoms. The highest BCUT2D eigenvalue weighted by Gasteiger charge is 2.11. The Morgan fingerprint density at radius 2 is 1.08 bits per heavy atom. The van der Waals surface area contributed by atoms with E-state index < -0.39 is 11.2 Å². The van der Waals surface area contributed by atoms with Gasteiger partial charge in [-0.3, -0.25) is 0 Å². The second-order valence-corrected chi connectivity index (χ2v) is 4.50. The molecule has 0 rings (SSSR count). The topological polar surface area (TPSA) is 40.5 Å². The van der Waals surface area contributed by atoms with Crippen LogP contribution < -0.4 is 0 Å². The minimum atomic E-state index is -0.643. The zero-order valence-electron chi connectivity index (χ0n) is 8.46. The Hall–Kier alpha value is -0.340. The molecule has 0 spiro atoms. The molecule has 0 aromatic carbocycles. The van der Waals surface area contributed by atoms with Gasteiger partial charge in [-0.2, -0.15) is 0 Å². The molecule has 0 amide bonds. The molecule has 0 atom stereocenters. The largest absolute Gasteiger partial charge is 0.390 e. The summed E-state index contributed by atoms with van der Waals surface area (Å²) in [6.07, 6.45) is 5.06. The monoisotopic (exact) mass is 172 g/mol. The molecule has 0 saturated carbocycles. The van der Waals surface area contributed by atoms with Crippen LogP contribution in [0.3, 0.4) is 0 Å². The van der Waals surface area contributed by atoms with Gasteiger partial charge in [0.2, 0.25) is 0 Å². The van der Waals surface area contributed by atoms with Crippen molar-refractivity contribution in [3.05, 3.63) is 12.2 Å². The summed E-state index contributed by atoms with van der Waals surface area (Å²) in [6.45, 7) is 7.06. The fraction of sp³-hybridized carbons (Fsp3) is 0.800. The van der Waals surface area contributed by atoms with Gasteiger partial charge in [0.1, 0.15) is 0 Å². The highest BCUT2D eigenvalue weighted by molar-refractivity contribution is 4.90. The van der Waals surface area contributed by atoms with Crippen molar-refractivity contribution in [3.8, 4) is 0 Å². The van der Waals surface area contributed by atoms with E-state index in [-0.39, 0.29) is 0 Å². The molecule has 0 radical (unpaired) electrons. The van der Waals surface area contributed by atoms with E-state index in [1.165, 1.54) is 0 Å². The van der Waals surface area contributed by atoms with Crippen LogP contribution in [0.25, 0.3) is 0 Å². The van der Waals surface area contributed by atoms with Gasteiger partial charge < -0.3 is 10.2 Å². The maximum atomic E-state index is 9.33. The Balaban J connectivity index is 3.66. The van der Waals surface area contributed by atoms with E-state index in [0.717, 1.165) is 0 Å². The normalized spacial score (nSPS) is 14.2. The van der Waals surface area contributed by atoms with Gasteiger partial charge in [0.15, 0.2) is 0 Å². The van der Waals surface area contributed by atoms with Crippen LogP contribution in [-0.4, -0.2) is 21.4 Å². The standard InChI is InChI=1S/C10H20O2/c1-9(2,11)7-5-6-8-10(3,4)12/h5-6,11-12H,7-8H2,1-4H3/b6-5-. The molecule has 0 aliphatic heterocycles. The number of hydrogen-bond donors (Lipinski definition) is 2. The SMILES string of the molecule is CC(C)(O)C/C=C\CC(C)(C)O. The molecular formula is C10H20O2. The zero-order chi connectivity index (χ0) is 9.83. The summed E-state index contributed by atoms with van der Waals surface area (Å²) in [6, 6.07) is 0. The summed E-state index contributed by atoms with van der Waals surface area (Å²) in [7, 11) is 0. The Morgan fingerprint density at radius 3 is 1.25 bits per heavy atom. The zero-order valence-corrected chi connectivity index (χ0v) is 8.46. The molecule has 2 nitrogen and oxygen atoms in total. The van der Waals surface area contributed by atoms with Crippen LogP contribution in [-0.2, 0) is 0 Å². The third-order valence-corrected chi connectivity index (χ3v) is 1.40. The van der Waals surface area contributed by atoms with Crippen LogP contribution in [0.1, 0.15) is 40.5 Å². The van der Waals surface area contributed by atoms with Crippen LogP contribution in [0.5, 0.6) is 0 Å². The van der Waals surface area contributed by atoms with E-state index in [1.807, 2.05) is 12.2 Å². The number of aliphatic hydroxyl groups is 2. The lowest BCUT2D eigenvalue weighted by Gasteiger charge is -2.15. The van der Waals surface area contributed by atoms with E-state index >= 15 is 0 Å². The lowest BCUT2D eigenvalue weighted by atomic mass is 10.0. The van der Waals surface area contributed by atoms with Crippen molar-refractivity contribution < 1.29 is 10.2 Å². The molecular weight excluding hydrogens is 152 g/mol. The predicted octanol–water partition coefficient (Wildman–Crippen LogP) is 1.86. The van der Waals surface area contributed by atoms with Crippen molar-refractivity contribution in [2.45, 2.75) is 51.7 Å². The van der Waals surface area contributed by atoms with Crippen molar-refractivity contribution in [2.24, 2.45) is 0 Å². The first kappa shape index (κ1) is 11.7. The first-order valence-electron chi connectivity index (χ1n) is 4.30. The second-order valence-electron chi connectivity index (χ2n) is 4.50. The molecule has 0 saturated heterocycles. The fourth-order valence-corrected chi connectivity index (χ4v) is 0.743. The molecule has 0 fully saturated rings. The minimum absolute atomic E-state index is 0.628. The smallest absolute Gasteiger partial charge is 0.0626 e. The lowest BCUT2D eigenvalue weighted by molar-refractivity contribution is 0.0791. The van der Waals surface area contributed by atoms with Crippen LogP contribution in [0.15, 0.2) is 12.2 Å². The second kappa shape index (κ2) is 4.06. The Morgan fingerprint density at radius 1 is 0.833 bits per heavy atom. The molecule has 0 heterocycles. The molecule has 2 N–H and O–H groups in total. The van der Waals surface area contributed by atoms with E-state index in [9.17, 15) is 10.2 Å². The average molecular weight is 172 g/mol. The van der Waals surface area contributed by atoms with Gasteiger partial charge >= 0.3 is 0 Å². The maximum Gasteiger partial charge on any atom is 0.0626 e. The quantitative estimate of drug-likeness (QED) is 0.635. The fourth-order valence-electron chi connectivity index (χ4n) is 0.743. The number of hydrogen-bond acceptors (Lipinski definition) is 2. The van der Waals surface area contributed by atoms with Gasteiger partial charge in [-0.1, -0.05) is 12.2 Å². The van der Waals surface area contributed by atoms with Gasteiger partial charge in [-0.05, 0) is 40.5 Å². The van der Waals surface area contributed by atoms with E-state index in [0.29, 0.717) is 12.8 Å². The van der Waals surface area contributed by atoms with Crippen molar-refractivity contribution in [2.75, 3.05) is 0 Å². The highest BCUT2D eigenvalue weighted by Crippen LogP contribution is 2.11. The lowest BCUT2D eigenvalue weighted by Crippen LogP contribution is -2.18. The maximum absolute atomic E-state index is 9.33. The summed E-state index contributed by atoms with van der Waals surface area (Å²) in [5.74, 6) is 0. The van der Waals surface area contributed by atoms with Gasteiger partial charge in [-0.15, -0.1) is 0 Å². The average Bonchev–Trinajstić information content (AvgIpc) is 1.76. The molecule has 0 bridgehead atoms. The third-order valence-electron chi connectivity index (χ3n) is 1.40. The van der Waals surface area contributed by atoms with Crippen molar-refractivity contribution in [1.82, 2.24) is 0 Å². The first-order valence-corrected chi connectivity index (χ1v) is 4.30. The van der Waals surface area contributed by atoms with Crippen LogP contribution in [0, 0.1) is 0 Å². The first-order chi connectivity index (χ1) is 5.21. The van der Waals surface area contributed by atoms with Crippen LogP contribution >= 0.6 is 0 Å². The molecule has 0 aliphatic carbocycles. The molecule has 12 heavy (non-hydrogen) atoms. The van der Waals surface area contributed by atoms with Gasteiger partial charge in [0.05, 0.1) is 11.2 Å². The van der Waals surface area contributed by atoms with Gasteiger partial charge in [0, 0.05) is 0 Å². The molecule has 0 aromatic heterocycles.